The molecule has 2 N–H and O–H groups in total. The Hall–Kier alpha value is -0.160. The lowest BCUT2D eigenvalue weighted by Crippen LogP contribution is -2.45. The van der Waals surface area contributed by atoms with Gasteiger partial charge in [0.25, 0.3) is 0 Å². The molecule has 0 bridgehead atoms. The lowest BCUT2D eigenvalue weighted by atomic mass is 9.97. The van der Waals surface area contributed by atoms with E-state index in [-0.39, 0.29) is 41.6 Å². The number of hydrogen-bond acceptors (Lipinski definition) is 3. The molecule has 0 spiro atoms. The summed E-state index contributed by atoms with van der Waals surface area (Å²) in [4.78, 5) is 2.35. The fourth-order valence-corrected chi connectivity index (χ4v) is 2.91. The van der Waals surface area contributed by atoms with E-state index in [4.69, 9.17) is 23.2 Å². The minimum atomic E-state index is 0. The highest BCUT2D eigenvalue weighted by Gasteiger charge is 2.25. The van der Waals surface area contributed by atoms with Gasteiger partial charge >= 0.3 is 0 Å². The molecule has 1 heterocycles. The zero-order valence-corrected chi connectivity index (χ0v) is 15.6. The first-order valence-corrected chi connectivity index (χ1v) is 7.52. The standard InChI is InChI=1S/C15H20Cl2N2O.2ClH/c1-10(2)9-13(19-7-5-18-6-8-19)11-3-4-12(16)14(17)15(11)20;;/h3-4,13,18,20H,1,5-9H2,2H3;2*1H/t13-;;/m0../s1. The summed E-state index contributed by atoms with van der Waals surface area (Å²) in [5.74, 6) is 0.0870. The summed E-state index contributed by atoms with van der Waals surface area (Å²) in [7, 11) is 0. The minimum Gasteiger partial charge on any atom is -0.506 e. The Morgan fingerprint density at radius 3 is 2.45 bits per heavy atom. The molecule has 1 aromatic carbocycles. The summed E-state index contributed by atoms with van der Waals surface area (Å²) in [6.45, 7) is 9.80. The fourth-order valence-electron chi connectivity index (χ4n) is 2.58. The van der Waals surface area contributed by atoms with Crippen molar-refractivity contribution in [1.29, 1.82) is 0 Å². The van der Waals surface area contributed by atoms with Gasteiger partial charge in [-0.15, -0.1) is 31.4 Å². The molecule has 0 unspecified atom stereocenters. The van der Waals surface area contributed by atoms with Crippen molar-refractivity contribution in [2.24, 2.45) is 0 Å². The van der Waals surface area contributed by atoms with E-state index in [9.17, 15) is 5.11 Å². The second-order valence-corrected chi connectivity index (χ2v) is 6.05. The van der Waals surface area contributed by atoms with Crippen LogP contribution in [0.1, 0.15) is 24.9 Å². The second-order valence-electron chi connectivity index (χ2n) is 5.26. The molecule has 2 rings (SSSR count). The molecule has 0 saturated carbocycles. The zero-order chi connectivity index (χ0) is 14.7. The van der Waals surface area contributed by atoms with Gasteiger partial charge in [-0.3, -0.25) is 4.90 Å². The van der Waals surface area contributed by atoms with Crippen LogP contribution in [0.15, 0.2) is 24.3 Å². The Morgan fingerprint density at radius 2 is 1.91 bits per heavy atom. The van der Waals surface area contributed by atoms with Gasteiger partial charge in [-0.2, -0.15) is 0 Å². The summed E-state index contributed by atoms with van der Waals surface area (Å²) in [6.07, 6.45) is 0.797. The predicted octanol–water partition coefficient (Wildman–Crippen LogP) is 4.46. The molecule has 1 atom stereocenters. The largest absolute Gasteiger partial charge is 0.506 e. The van der Waals surface area contributed by atoms with Gasteiger partial charge in [0.15, 0.2) is 0 Å². The smallest absolute Gasteiger partial charge is 0.140 e. The number of benzene rings is 1. The van der Waals surface area contributed by atoms with Gasteiger partial charge in [-0.1, -0.05) is 34.8 Å². The van der Waals surface area contributed by atoms with Crippen molar-refractivity contribution >= 4 is 48.0 Å². The lowest BCUT2D eigenvalue weighted by Gasteiger charge is -2.35. The van der Waals surface area contributed by atoms with Crippen molar-refractivity contribution < 1.29 is 5.11 Å². The quantitative estimate of drug-likeness (QED) is 0.748. The Balaban J connectivity index is 0.00000220. The number of phenolic OH excluding ortho intramolecular Hbond substituents is 1. The third-order valence-corrected chi connectivity index (χ3v) is 4.39. The number of nitrogens with zero attached hydrogens (tertiary/aromatic N) is 1. The number of rotatable bonds is 4. The minimum absolute atomic E-state index is 0. The van der Waals surface area contributed by atoms with Crippen LogP contribution in [0.4, 0.5) is 0 Å². The van der Waals surface area contributed by atoms with E-state index in [1.807, 2.05) is 13.0 Å². The van der Waals surface area contributed by atoms with Crippen molar-refractivity contribution in [3.05, 3.63) is 39.9 Å². The van der Waals surface area contributed by atoms with E-state index in [0.29, 0.717) is 5.02 Å². The van der Waals surface area contributed by atoms with Crippen LogP contribution in [0, 0.1) is 0 Å². The normalized spacial score (nSPS) is 16.3. The molecule has 0 radical (unpaired) electrons. The molecule has 0 aliphatic carbocycles. The SMILES string of the molecule is C=C(C)C[C@@H](c1ccc(Cl)c(Cl)c1O)N1CCNCC1.Cl.Cl. The number of piperazine rings is 1. The van der Waals surface area contributed by atoms with Gasteiger partial charge in [0, 0.05) is 37.8 Å². The van der Waals surface area contributed by atoms with Crippen LogP contribution >= 0.6 is 48.0 Å². The van der Waals surface area contributed by atoms with Crippen LogP contribution < -0.4 is 5.32 Å². The average molecular weight is 388 g/mol. The van der Waals surface area contributed by atoms with E-state index >= 15 is 0 Å². The monoisotopic (exact) mass is 386 g/mol. The van der Waals surface area contributed by atoms with E-state index in [2.05, 4.69) is 16.8 Å². The molecule has 1 saturated heterocycles. The molecule has 3 nitrogen and oxygen atoms in total. The van der Waals surface area contributed by atoms with Crippen LogP contribution in [0.2, 0.25) is 10.0 Å². The first kappa shape index (κ1) is 21.8. The van der Waals surface area contributed by atoms with Gasteiger partial charge in [0.1, 0.15) is 10.8 Å². The van der Waals surface area contributed by atoms with Crippen LogP contribution in [0.3, 0.4) is 0 Å². The number of phenols is 1. The Kier molecular flexibility index (Phi) is 9.79. The lowest BCUT2D eigenvalue weighted by molar-refractivity contribution is 0.170. The maximum absolute atomic E-state index is 10.3. The molecule has 126 valence electrons. The molecule has 1 aromatic rings. The van der Waals surface area contributed by atoms with Crippen LogP contribution in [0.5, 0.6) is 5.75 Å². The Labute approximate surface area is 154 Å². The van der Waals surface area contributed by atoms with Gasteiger partial charge in [-0.25, -0.2) is 0 Å². The number of hydrogen-bond donors (Lipinski definition) is 2. The van der Waals surface area contributed by atoms with E-state index in [0.717, 1.165) is 43.7 Å². The number of nitrogens with one attached hydrogen (secondary N) is 1. The van der Waals surface area contributed by atoms with Gasteiger partial charge in [0.2, 0.25) is 0 Å². The van der Waals surface area contributed by atoms with E-state index in [1.54, 1.807) is 6.07 Å². The number of aromatic hydroxyl groups is 1. The summed E-state index contributed by atoms with van der Waals surface area (Å²) in [6, 6.07) is 3.69. The van der Waals surface area contributed by atoms with E-state index < -0.39 is 0 Å². The third-order valence-electron chi connectivity index (χ3n) is 3.59. The molecule has 1 aliphatic rings. The summed E-state index contributed by atoms with van der Waals surface area (Å²) in [5.41, 5.74) is 1.91. The molecular formula is C15H22Cl4N2O. The molecule has 7 heteroatoms. The molecule has 0 aromatic heterocycles. The number of halogens is 4. The Bertz CT molecular complexity index is 505. The summed E-state index contributed by atoms with van der Waals surface area (Å²) >= 11 is 12.0. The topological polar surface area (TPSA) is 35.5 Å². The van der Waals surface area contributed by atoms with Gasteiger partial charge < -0.3 is 10.4 Å². The predicted molar refractivity (Wildman–Crippen MR) is 99.2 cm³/mol. The van der Waals surface area contributed by atoms with E-state index in [1.165, 1.54) is 0 Å². The highest BCUT2D eigenvalue weighted by Crippen LogP contribution is 2.40. The van der Waals surface area contributed by atoms with Crippen molar-refractivity contribution in [3.8, 4) is 5.75 Å². The van der Waals surface area contributed by atoms with Crippen LogP contribution in [0.25, 0.3) is 0 Å². The zero-order valence-electron chi connectivity index (χ0n) is 12.4. The first-order chi connectivity index (χ1) is 9.50. The van der Waals surface area contributed by atoms with Gasteiger partial charge in [0.05, 0.1) is 5.02 Å². The maximum Gasteiger partial charge on any atom is 0.140 e. The van der Waals surface area contributed by atoms with Gasteiger partial charge in [-0.05, 0) is 19.4 Å². The fraction of sp³-hybridized carbons (Fsp3) is 0.467. The maximum atomic E-state index is 10.3. The summed E-state index contributed by atoms with van der Waals surface area (Å²) < 4.78 is 0. The van der Waals surface area contributed by atoms with Crippen molar-refractivity contribution in [3.63, 3.8) is 0 Å². The molecule has 0 amide bonds. The molecule has 22 heavy (non-hydrogen) atoms. The molecule has 1 fully saturated rings. The van der Waals surface area contributed by atoms with Crippen LogP contribution in [-0.4, -0.2) is 36.2 Å². The molecule has 1 aliphatic heterocycles. The second kappa shape index (κ2) is 9.86. The van der Waals surface area contributed by atoms with Crippen molar-refractivity contribution in [1.82, 2.24) is 10.2 Å². The van der Waals surface area contributed by atoms with Crippen molar-refractivity contribution in [2.45, 2.75) is 19.4 Å². The first-order valence-electron chi connectivity index (χ1n) is 6.76. The Morgan fingerprint density at radius 1 is 1.32 bits per heavy atom. The highest BCUT2D eigenvalue weighted by molar-refractivity contribution is 6.43. The highest BCUT2D eigenvalue weighted by atomic mass is 35.5. The third kappa shape index (κ3) is 5.19. The van der Waals surface area contributed by atoms with Crippen molar-refractivity contribution in [2.75, 3.05) is 26.2 Å². The average Bonchev–Trinajstić information content (AvgIpc) is 2.44. The molecular weight excluding hydrogens is 366 g/mol. The summed E-state index contributed by atoms with van der Waals surface area (Å²) in [5, 5.41) is 14.2. The van der Waals surface area contributed by atoms with Crippen LogP contribution in [-0.2, 0) is 0 Å².